The van der Waals surface area contributed by atoms with Gasteiger partial charge in [-0.1, -0.05) is 24.6 Å². The van der Waals surface area contributed by atoms with Crippen molar-refractivity contribution in [3.63, 3.8) is 0 Å². The Bertz CT molecular complexity index is 727. The average molecular weight is 359 g/mol. The number of likely N-dealkylation sites (tertiary alicyclic amines) is 1. The molecule has 0 radical (unpaired) electrons. The monoisotopic (exact) mass is 359 g/mol. The maximum absolute atomic E-state index is 11.9. The maximum Gasteiger partial charge on any atom is 0.320 e. The van der Waals surface area contributed by atoms with Crippen LogP contribution in [-0.2, 0) is 4.79 Å². The van der Waals surface area contributed by atoms with Gasteiger partial charge in [-0.3, -0.25) is 9.69 Å². The molecule has 1 N–H and O–H groups in total. The first-order chi connectivity index (χ1) is 12.1. The van der Waals surface area contributed by atoms with E-state index in [0.717, 1.165) is 30.7 Å². The zero-order valence-corrected chi connectivity index (χ0v) is 15.6. The number of piperidine rings is 1. The number of rotatable bonds is 6. The SMILES string of the molecule is CCOc1ccccc1C(c1cc(C)cs1)N1CCCCC1C(=O)O. The minimum absolute atomic E-state index is 0.0807. The summed E-state index contributed by atoms with van der Waals surface area (Å²) in [4.78, 5) is 15.2. The molecule has 0 saturated carbocycles. The Hall–Kier alpha value is -1.85. The standard InChI is InChI=1S/C20H25NO3S/c1-3-24-17-10-5-4-8-15(17)19(18-12-14(2)13-25-18)21-11-7-6-9-16(21)20(22)23/h4-5,8,10,12-13,16,19H,3,6-7,9,11H2,1-2H3,(H,22,23). The summed E-state index contributed by atoms with van der Waals surface area (Å²) in [6, 6.07) is 9.66. The van der Waals surface area contributed by atoms with Crippen LogP contribution in [0.15, 0.2) is 35.7 Å². The van der Waals surface area contributed by atoms with Crippen molar-refractivity contribution in [3.8, 4) is 5.75 Å². The van der Waals surface area contributed by atoms with Crippen molar-refractivity contribution >= 4 is 17.3 Å². The lowest BCUT2D eigenvalue weighted by atomic mass is 9.94. The van der Waals surface area contributed by atoms with Gasteiger partial charge in [-0.25, -0.2) is 0 Å². The molecule has 134 valence electrons. The number of aliphatic carboxylic acids is 1. The Labute approximate surface area is 153 Å². The fraction of sp³-hybridized carbons (Fsp3) is 0.450. The van der Waals surface area contributed by atoms with Gasteiger partial charge in [-0.05, 0) is 56.3 Å². The maximum atomic E-state index is 11.9. The van der Waals surface area contributed by atoms with Crippen LogP contribution >= 0.6 is 11.3 Å². The molecule has 0 spiro atoms. The van der Waals surface area contributed by atoms with Crippen molar-refractivity contribution in [2.45, 2.75) is 45.2 Å². The van der Waals surface area contributed by atoms with Crippen LogP contribution in [0.25, 0.3) is 0 Å². The largest absolute Gasteiger partial charge is 0.494 e. The molecule has 0 bridgehead atoms. The summed E-state index contributed by atoms with van der Waals surface area (Å²) < 4.78 is 5.86. The molecule has 1 fully saturated rings. The molecule has 0 aliphatic carbocycles. The summed E-state index contributed by atoms with van der Waals surface area (Å²) in [6.07, 6.45) is 2.70. The molecule has 2 aromatic rings. The molecule has 5 heteroatoms. The van der Waals surface area contributed by atoms with Gasteiger partial charge in [0.1, 0.15) is 11.8 Å². The number of ether oxygens (including phenoxy) is 1. The Kier molecular flexibility index (Phi) is 5.76. The second-order valence-electron chi connectivity index (χ2n) is 6.49. The van der Waals surface area contributed by atoms with Crippen molar-refractivity contribution < 1.29 is 14.6 Å². The molecular weight excluding hydrogens is 334 g/mol. The predicted molar refractivity (Wildman–Crippen MR) is 100 cm³/mol. The van der Waals surface area contributed by atoms with Gasteiger partial charge in [0.25, 0.3) is 0 Å². The van der Waals surface area contributed by atoms with Gasteiger partial charge in [0.05, 0.1) is 12.6 Å². The Morgan fingerprint density at radius 3 is 2.88 bits per heavy atom. The van der Waals surface area contributed by atoms with Crippen LogP contribution in [0, 0.1) is 6.92 Å². The molecule has 1 aromatic carbocycles. The Morgan fingerprint density at radius 1 is 1.40 bits per heavy atom. The van der Waals surface area contributed by atoms with Crippen molar-refractivity contribution in [3.05, 3.63) is 51.7 Å². The van der Waals surface area contributed by atoms with E-state index in [1.165, 1.54) is 10.4 Å². The van der Waals surface area contributed by atoms with Crippen molar-refractivity contribution in [1.29, 1.82) is 0 Å². The molecule has 25 heavy (non-hydrogen) atoms. The minimum Gasteiger partial charge on any atom is -0.494 e. The molecule has 3 rings (SSSR count). The summed E-state index contributed by atoms with van der Waals surface area (Å²) in [7, 11) is 0. The molecule has 2 unspecified atom stereocenters. The van der Waals surface area contributed by atoms with E-state index >= 15 is 0 Å². The number of benzene rings is 1. The summed E-state index contributed by atoms with van der Waals surface area (Å²) in [5, 5.41) is 11.9. The quantitative estimate of drug-likeness (QED) is 0.826. The Morgan fingerprint density at radius 2 is 2.20 bits per heavy atom. The highest BCUT2D eigenvalue weighted by atomic mass is 32.1. The van der Waals surface area contributed by atoms with Crippen molar-refractivity contribution in [2.24, 2.45) is 0 Å². The molecule has 1 saturated heterocycles. The van der Waals surface area contributed by atoms with Crippen LogP contribution in [0.5, 0.6) is 5.75 Å². The highest BCUT2D eigenvalue weighted by molar-refractivity contribution is 7.10. The highest BCUT2D eigenvalue weighted by Crippen LogP contribution is 2.40. The lowest BCUT2D eigenvalue weighted by Crippen LogP contribution is -2.46. The number of para-hydroxylation sites is 1. The summed E-state index contributed by atoms with van der Waals surface area (Å²) in [6.45, 7) is 5.44. The average Bonchev–Trinajstić information content (AvgIpc) is 3.03. The van der Waals surface area contributed by atoms with Gasteiger partial charge in [-0.2, -0.15) is 0 Å². The highest BCUT2D eigenvalue weighted by Gasteiger charge is 2.36. The third kappa shape index (κ3) is 3.88. The summed E-state index contributed by atoms with van der Waals surface area (Å²) in [5.41, 5.74) is 2.27. The number of hydrogen-bond acceptors (Lipinski definition) is 4. The van der Waals surface area contributed by atoms with Crippen molar-refractivity contribution in [2.75, 3.05) is 13.2 Å². The first kappa shape index (κ1) is 18.0. The smallest absolute Gasteiger partial charge is 0.320 e. The van der Waals surface area contributed by atoms with E-state index in [-0.39, 0.29) is 6.04 Å². The van der Waals surface area contributed by atoms with Crippen LogP contribution in [-0.4, -0.2) is 35.2 Å². The first-order valence-corrected chi connectivity index (χ1v) is 9.75. The number of carbonyl (C=O) groups is 1. The van der Waals surface area contributed by atoms with E-state index in [4.69, 9.17) is 4.74 Å². The van der Waals surface area contributed by atoms with E-state index in [2.05, 4.69) is 29.3 Å². The lowest BCUT2D eigenvalue weighted by Gasteiger charge is -2.39. The van der Waals surface area contributed by atoms with E-state index < -0.39 is 12.0 Å². The van der Waals surface area contributed by atoms with Gasteiger partial charge >= 0.3 is 5.97 Å². The number of hydrogen-bond donors (Lipinski definition) is 1. The predicted octanol–water partition coefficient (Wildman–Crippen LogP) is 4.48. The first-order valence-electron chi connectivity index (χ1n) is 8.87. The molecule has 0 amide bonds. The van der Waals surface area contributed by atoms with Gasteiger partial charge in [0.15, 0.2) is 0 Å². The molecule has 2 heterocycles. The fourth-order valence-corrected chi connectivity index (χ4v) is 4.65. The normalized spacial score (nSPS) is 19.5. The molecule has 1 aromatic heterocycles. The van der Waals surface area contributed by atoms with E-state index in [1.54, 1.807) is 11.3 Å². The zero-order chi connectivity index (χ0) is 17.8. The second-order valence-corrected chi connectivity index (χ2v) is 7.43. The third-order valence-electron chi connectivity index (χ3n) is 4.69. The van der Waals surface area contributed by atoms with E-state index in [1.807, 2.05) is 25.1 Å². The number of carboxylic acids is 1. The van der Waals surface area contributed by atoms with Crippen molar-refractivity contribution in [1.82, 2.24) is 4.90 Å². The molecule has 2 atom stereocenters. The van der Waals surface area contributed by atoms with Crippen LogP contribution < -0.4 is 4.74 Å². The fourth-order valence-electron chi connectivity index (χ4n) is 3.61. The van der Waals surface area contributed by atoms with Gasteiger partial charge in [0, 0.05) is 10.4 Å². The lowest BCUT2D eigenvalue weighted by molar-refractivity contribution is -0.145. The molecule has 4 nitrogen and oxygen atoms in total. The number of thiophene rings is 1. The number of aryl methyl sites for hydroxylation is 1. The third-order valence-corrected chi connectivity index (χ3v) is 5.80. The molecular formula is C20H25NO3S. The Balaban J connectivity index is 2.09. The molecule has 1 aliphatic heterocycles. The van der Waals surface area contributed by atoms with Gasteiger partial charge in [-0.15, -0.1) is 11.3 Å². The molecule has 1 aliphatic rings. The van der Waals surface area contributed by atoms with Crippen LogP contribution in [0.3, 0.4) is 0 Å². The van der Waals surface area contributed by atoms with E-state index in [0.29, 0.717) is 13.0 Å². The van der Waals surface area contributed by atoms with Crippen LogP contribution in [0.1, 0.15) is 48.2 Å². The van der Waals surface area contributed by atoms with Crippen LogP contribution in [0.4, 0.5) is 0 Å². The van der Waals surface area contributed by atoms with Crippen LogP contribution in [0.2, 0.25) is 0 Å². The zero-order valence-electron chi connectivity index (χ0n) is 14.8. The second kappa shape index (κ2) is 8.02. The summed E-state index contributed by atoms with van der Waals surface area (Å²) in [5.74, 6) is 0.114. The van der Waals surface area contributed by atoms with Gasteiger partial charge < -0.3 is 9.84 Å². The van der Waals surface area contributed by atoms with Gasteiger partial charge in [0.2, 0.25) is 0 Å². The van der Waals surface area contributed by atoms with E-state index in [9.17, 15) is 9.90 Å². The number of nitrogens with zero attached hydrogens (tertiary/aromatic N) is 1. The summed E-state index contributed by atoms with van der Waals surface area (Å²) >= 11 is 1.70. The number of carboxylic acid groups (broad SMARTS) is 1. The topological polar surface area (TPSA) is 49.8 Å². The minimum atomic E-state index is -0.730.